The molecular formula is C12H11IN2O2S. The van der Waals surface area contributed by atoms with Gasteiger partial charge in [0.25, 0.3) is 5.91 Å². The lowest BCUT2D eigenvalue weighted by Crippen LogP contribution is -2.22. The minimum Gasteiger partial charge on any atom is -0.507 e. The van der Waals surface area contributed by atoms with Crippen molar-refractivity contribution in [3.8, 4) is 5.75 Å². The number of carbonyl (C=O) groups excluding carboxylic acids is 1. The van der Waals surface area contributed by atoms with Gasteiger partial charge in [0.15, 0.2) is 0 Å². The molecule has 6 heteroatoms. The summed E-state index contributed by atoms with van der Waals surface area (Å²) in [6.07, 6.45) is 1.77. The van der Waals surface area contributed by atoms with E-state index in [1.165, 1.54) is 6.07 Å². The number of nitrogens with zero attached hydrogens (tertiary/aromatic N) is 1. The van der Waals surface area contributed by atoms with Crippen molar-refractivity contribution >= 4 is 39.8 Å². The molecule has 1 amide bonds. The second kappa shape index (κ2) is 5.66. The number of rotatable bonds is 3. The molecule has 0 unspecified atom stereocenters. The molecule has 2 rings (SSSR count). The van der Waals surface area contributed by atoms with Gasteiger partial charge in [0.05, 0.1) is 12.1 Å². The minimum absolute atomic E-state index is 0.0109. The van der Waals surface area contributed by atoms with E-state index in [1.807, 2.05) is 6.92 Å². The first kappa shape index (κ1) is 13.3. The number of aromatic hydroxyl groups is 1. The van der Waals surface area contributed by atoms with E-state index in [4.69, 9.17) is 0 Å². The minimum atomic E-state index is -0.293. The molecule has 1 heterocycles. The van der Waals surface area contributed by atoms with Crippen LogP contribution in [0.3, 0.4) is 0 Å². The number of hydrogen-bond acceptors (Lipinski definition) is 4. The van der Waals surface area contributed by atoms with Crippen LogP contribution in [0.2, 0.25) is 0 Å². The standard InChI is InChI=1S/C12H11IN2O2S/c1-7-5-14-11(18-7)6-15-12(17)9-4-8(13)2-3-10(9)16/h2-5,16H,6H2,1H3,(H,15,17). The number of thiazole rings is 1. The molecule has 0 aliphatic rings. The summed E-state index contributed by atoms with van der Waals surface area (Å²) in [5.41, 5.74) is 0.287. The van der Waals surface area contributed by atoms with Crippen molar-refractivity contribution in [1.29, 1.82) is 0 Å². The summed E-state index contributed by atoms with van der Waals surface area (Å²) in [6.45, 7) is 2.34. The van der Waals surface area contributed by atoms with Crippen molar-refractivity contribution < 1.29 is 9.90 Å². The molecule has 0 atom stereocenters. The van der Waals surface area contributed by atoms with Crippen molar-refractivity contribution in [3.63, 3.8) is 0 Å². The zero-order valence-electron chi connectivity index (χ0n) is 9.61. The fourth-order valence-corrected chi connectivity index (χ4v) is 2.64. The van der Waals surface area contributed by atoms with Crippen LogP contribution in [0.1, 0.15) is 20.2 Å². The lowest BCUT2D eigenvalue weighted by molar-refractivity contribution is 0.0948. The Balaban J connectivity index is 2.05. The summed E-state index contributed by atoms with van der Waals surface area (Å²) in [5, 5.41) is 13.2. The lowest BCUT2D eigenvalue weighted by atomic mass is 10.2. The monoisotopic (exact) mass is 374 g/mol. The van der Waals surface area contributed by atoms with Crippen LogP contribution in [0.15, 0.2) is 24.4 Å². The van der Waals surface area contributed by atoms with Gasteiger partial charge >= 0.3 is 0 Å². The predicted molar refractivity (Wildman–Crippen MR) is 78.8 cm³/mol. The van der Waals surface area contributed by atoms with E-state index in [9.17, 15) is 9.90 Å². The van der Waals surface area contributed by atoms with E-state index >= 15 is 0 Å². The van der Waals surface area contributed by atoms with Crippen molar-refractivity contribution in [1.82, 2.24) is 10.3 Å². The van der Waals surface area contributed by atoms with Gasteiger partial charge in [-0.05, 0) is 47.7 Å². The predicted octanol–water partition coefficient (Wildman–Crippen LogP) is 2.69. The second-order valence-corrected chi connectivity index (χ2v) is 6.27. The number of amides is 1. The molecule has 2 N–H and O–H groups in total. The zero-order chi connectivity index (χ0) is 13.1. The molecule has 2 aromatic rings. The van der Waals surface area contributed by atoms with E-state index in [0.29, 0.717) is 6.54 Å². The first-order valence-corrected chi connectivity index (χ1v) is 7.14. The van der Waals surface area contributed by atoms with Crippen LogP contribution >= 0.6 is 33.9 Å². The normalized spacial score (nSPS) is 10.3. The van der Waals surface area contributed by atoms with Crippen molar-refractivity contribution in [2.24, 2.45) is 0 Å². The molecule has 0 saturated carbocycles. The molecule has 0 radical (unpaired) electrons. The maximum absolute atomic E-state index is 11.9. The van der Waals surface area contributed by atoms with E-state index < -0.39 is 0 Å². The van der Waals surface area contributed by atoms with Gasteiger partial charge in [-0.25, -0.2) is 4.98 Å². The maximum Gasteiger partial charge on any atom is 0.255 e. The average Bonchev–Trinajstić information content (AvgIpc) is 2.75. The Morgan fingerprint density at radius 3 is 3.00 bits per heavy atom. The summed E-state index contributed by atoms with van der Waals surface area (Å²) in [5.74, 6) is -0.304. The fourth-order valence-electron chi connectivity index (χ4n) is 1.42. The number of hydrogen-bond donors (Lipinski definition) is 2. The van der Waals surface area contributed by atoms with Gasteiger partial charge in [0.2, 0.25) is 0 Å². The van der Waals surface area contributed by atoms with E-state index in [1.54, 1.807) is 29.7 Å². The average molecular weight is 374 g/mol. The Hall–Kier alpha value is -1.15. The van der Waals surface area contributed by atoms with Crippen LogP contribution in [0.4, 0.5) is 0 Å². The van der Waals surface area contributed by atoms with Crippen LogP contribution in [0.25, 0.3) is 0 Å². The van der Waals surface area contributed by atoms with Crippen molar-refractivity contribution in [2.45, 2.75) is 13.5 Å². The first-order chi connectivity index (χ1) is 8.56. The Morgan fingerprint density at radius 2 is 2.33 bits per heavy atom. The Bertz CT molecular complexity index is 583. The Kier molecular flexibility index (Phi) is 4.18. The number of phenolic OH excluding ortho intramolecular Hbond substituents is 1. The SMILES string of the molecule is Cc1cnc(CNC(=O)c2cc(I)ccc2O)s1. The number of phenols is 1. The number of nitrogens with one attached hydrogen (secondary N) is 1. The maximum atomic E-state index is 11.9. The van der Waals surface area contributed by atoms with Crippen LogP contribution < -0.4 is 5.32 Å². The quantitative estimate of drug-likeness (QED) is 0.813. The smallest absolute Gasteiger partial charge is 0.255 e. The largest absolute Gasteiger partial charge is 0.507 e. The van der Waals surface area contributed by atoms with Crippen molar-refractivity contribution in [3.05, 3.63) is 43.4 Å². The molecule has 0 saturated heterocycles. The third-order valence-corrected chi connectivity index (χ3v) is 3.86. The van der Waals surface area contributed by atoms with E-state index in [-0.39, 0.29) is 17.2 Å². The molecule has 1 aromatic carbocycles. The van der Waals surface area contributed by atoms with Crippen molar-refractivity contribution in [2.75, 3.05) is 0 Å². The summed E-state index contributed by atoms with van der Waals surface area (Å²) in [6, 6.07) is 4.92. The van der Waals surface area contributed by atoms with E-state index in [0.717, 1.165) is 13.5 Å². The molecule has 0 spiro atoms. The molecule has 0 fully saturated rings. The third kappa shape index (κ3) is 3.20. The second-order valence-electron chi connectivity index (χ2n) is 3.71. The summed E-state index contributed by atoms with van der Waals surface area (Å²) >= 11 is 3.64. The van der Waals surface area contributed by atoms with Crippen LogP contribution in [-0.4, -0.2) is 16.0 Å². The highest BCUT2D eigenvalue weighted by atomic mass is 127. The highest BCUT2D eigenvalue weighted by molar-refractivity contribution is 14.1. The number of aromatic nitrogens is 1. The van der Waals surface area contributed by atoms with Gasteiger partial charge < -0.3 is 10.4 Å². The molecular weight excluding hydrogens is 363 g/mol. The molecule has 4 nitrogen and oxygen atoms in total. The molecule has 18 heavy (non-hydrogen) atoms. The number of benzene rings is 1. The van der Waals surface area contributed by atoms with Gasteiger partial charge in [-0.15, -0.1) is 11.3 Å². The van der Waals surface area contributed by atoms with Gasteiger partial charge in [-0.3, -0.25) is 4.79 Å². The van der Waals surface area contributed by atoms with E-state index in [2.05, 4.69) is 32.9 Å². The van der Waals surface area contributed by atoms with Crippen LogP contribution in [0.5, 0.6) is 5.75 Å². The molecule has 0 bridgehead atoms. The lowest BCUT2D eigenvalue weighted by Gasteiger charge is -2.05. The summed E-state index contributed by atoms with van der Waals surface area (Å²) in [4.78, 5) is 17.2. The van der Waals surface area contributed by atoms with Gasteiger partial charge in [0, 0.05) is 14.6 Å². The Morgan fingerprint density at radius 1 is 1.56 bits per heavy atom. The highest BCUT2D eigenvalue weighted by Gasteiger charge is 2.11. The summed E-state index contributed by atoms with van der Waals surface area (Å²) in [7, 11) is 0. The Labute approximate surface area is 122 Å². The highest BCUT2D eigenvalue weighted by Crippen LogP contribution is 2.19. The van der Waals surface area contributed by atoms with Gasteiger partial charge in [-0.2, -0.15) is 0 Å². The number of carbonyl (C=O) groups is 1. The summed E-state index contributed by atoms with van der Waals surface area (Å²) < 4.78 is 0.903. The number of aryl methyl sites for hydroxylation is 1. The molecule has 1 aromatic heterocycles. The van der Waals surface area contributed by atoms with Crippen LogP contribution in [0, 0.1) is 10.5 Å². The van der Waals surface area contributed by atoms with Crippen LogP contribution in [-0.2, 0) is 6.54 Å². The first-order valence-electron chi connectivity index (χ1n) is 5.24. The molecule has 0 aliphatic carbocycles. The number of halogens is 1. The van der Waals surface area contributed by atoms with Gasteiger partial charge in [0.1, 0.15) is 10.8 Å². The van der Waals surface area contributed by atoms with Gasteiger partial charge in [-0.1, -0.05) is 0 Å². The molecule has 94 valence electrons. The third-order valence-electron chi connectivity index (χ3n) is 2.27. The molecule has 0 aliphatic heterocycles. The zero-order valence-corrected chi connectivity index (χ0v) is 12.6. The fraction of sp³-hybridized carbons (Fsp3) is 0.167. The topological polar surface area (TPSA) is 62.2 Å².